The fraction of sp³-hybridized carbons (Fsp3) is 0.300. The molecule has 3 rings (SSSR count). The normalized spacial score (nSPS) is 10.9. The minimum absolute atomic E-state index is 0.0332. The van der Waals surface area contributed by atoms with Crippen molar-refractivity contribution in [2.24, 2.45) is 5.73 Å². The highest BCUT2D eigenvalue weighted by Crippen LogP contribution is 2.32. The summed E-state index contributed by atoms with van der Waals surface area (Å²) in [5, 5.41) is 4.42. The molecule has 24 heavy (non-hydrogen) atoms. The van der Waals surface area contributed by atoms with Crippen LogP contribution in [-0.2, 0) is 0 Å². The summed E-state index contributed by atoms with van der Waals surface area (Å²) in [7, 11) is 0. The van der Waals surface area contributed by atoms with E-state index in [-0.39, 0.29) is 6.10 Å². The number of rotatable bonds is 5. The molecule has 2 aromatic carbocycles. The molecule has 1 atom stereocenters. The summed E-state index contributed by atoms with van der Waals surface area (Å²) < 4.78 is 6.24. The molecule has 130 valence electrons. The van der Waals surface area contributed by atoms with Crippen molar-refractivity contribution in [1.29, 1.82) is 0 Å². The number of ether oxygens (including phenoxy) is 1. The quantitative estimate of drug-likeness (QED) is 0.355. The highest BCUT2D eigenvalue weighted by Gasteiger charge is 2.14. The first-order valence-corrected chi connectivity index (χ1v) is 11.2. The van der Waals surface area contributed by atoms with E-state index in [9.17, 15) is 0 Å². The summed E-state index contributed by atoms with van der Waals surface area (Å²) in [6.07, 6.45) is 0.856. The van der Waals surface area contributed by atoms with Crippen LogP contribution in [0.1, 0.15) is 31.2 Å². The number of nitrogens with two attached hydrogens (primary N) is 1. The molecule has 0 saturated heterocycles. The third-order valence-electron chi connectivity index (χ3n) is 3.31. The monoisotopic (exact) mass is 455 g/mol. The van der Waals surface area contributed by atoms with Gasteiger partial charge in [-0.2, -0.15) is 0 Å². The molecule has 0 aliphatic carbocycles. The Bertz CT molecular complexity index is 680. The first-order valence-electron chi connectivity index (χ1n) is 8.14. The van der Waals surface area contributed by atoms with Gasteiger partial charge in [0.05, 0.1) is 0 Å². The second-order valence-electron chi connectivity index (χ2n) is 4.68. The zero-order valence-electron chi connectivity index (χ0n) is 14.5. The Labute approximate surface area is 163 Å². The van der Waals surface area contributed by atoms with Crippen LogP contribution in [0.4, 0.5) is 0 Å². The number of benzene rings is 2. The third kappa shape index (κ3) is 5.76. The summed E-state index contributed by atoms with van der Waals surface area (Å²) in [5.41, 5.74) is 5.73. The number of fused-ring (bicyclic) bond motifs is 1. The number of thiophene rings is 1. The third-order valence-corrected chi connectivity index (χ3v) is 4.27. The highest BCUT2D eigenvalue weighted by atomic mass is 127. The number of hydrogen-bond donors (Lipinski definition) is 1. The molecule has 0 bridgehead atoms. The van der Waals surface area contributed by atoms with Crippen molar-refractivity contribution in [1.82, 2.24) is 0 Å². The summed E-state index contributed by atoms with van der Waals surface area (Å²) in [4.78, 5) is 3.20. The van der Waals surface area contributed by atoms with Crippen molar-refractivity contribution in [3.05, 3.63) is 64.9 Å². The van der Waals surface area contributed by atoms with E-state index < -0.39 is 0 Å². The summed E-state index contributed by atoms with van der Waals surface area (Å²) in [5.74, 6) is 0.926. The van der Waals surface area contributed by atoms with Crippen molar-refractivity contribution in [2.45, 2.75) is 26.4 Å². The van der Waals surface area contributed by atoms with Gasteiger partial charge in [-0.25, -0.2) is 0 Å². The van der Waals surface area contributed by atoms with Gasteiger partial charge >= 0.3 is 0 Å². The average Bonchev–Trinajstić information content (AvgIpc) is 3.20. The maximum atomic E-state index is 6.24. The number of halogens is 1. The van der Waals surface area contributed by atoms with Crippen molar-refractivity contribution in [3.63, 3.8) is 0 Å². The Kier molecular flexibility index (Phi) is 10.7. The molecule has 1 aromatic heterocycles. The van der Waals surface area contributed by atoms with Crippen molar-refractivity contribution < 1.29 is 4.74 Å². The van der Waals surface area contributed by atoms with Crippen LogP contribution in [0.2, 0.25) is 0 Å². The molecule has 0 amide bonds. The smallest absolute Gasteiger partial charge is 0.134 e. The van der Waals surface area contributed by atoms with E-state index in [1.807, 2.05) is 43.0 Å². The van der Waals surface area contributed by atoms with Crippen LogP contribution < -0.4 is 10.5 Å². The molecule has 0 aliphatic heterocycles. The van der Waals surface area contributed by atoms with Gasteiger partial charge in [0.25, 0.3) is 0 Å². The Hall–Kier alpha value is -1.11. The second-order valence-corrected chi connectivity index (χ2v) is 5.66. The summed E-state index contributed by atoms with van der Waals surface area (Å²) >= 11 is 3.87. The molecule has 0 saturated carbocycles. The maximum absolute atomic E-state index is 6.24. The summed E-state index contributed by atoms with van der Waals surface area (Å²) in [6.45, 7) is 4.62. The minimum atomic E-state index is 0.0332. The summed E-state index contributed by atoms with van der Waals surface area (Å²) in [6, 6.07) is 18.6. The van der Waals surface area contributed by atoms with Crippen LogP contribution in [0.25, 0.3) is 10.8 Å². The van der Waals surface area contributed by atoms with E-state index in [4.69, 9.17) is 10.5 Å². The lowest BCUT2D eigenvalue weighted by Crippen LogP contribution is -2.12. The zero-order chi connectivity index (χ0) is 17.8. The largest absolute Gasteiger partial charge is 0.484 e. The average molecular weight is 455 g/mol. The molecule has 2 N–H and O–H groups in total. The fourth-order valence-corrected chi connectivity index (χ4v) is 3.13. The van der Waals surface area contributed by atoms with E-state index in [2.05, 4.69) is 58.3 Å². The van der Waals surface area contributed by atoms with Gasteiger partial charge in [-0.15, -0.1) is 11.3 Å². The van der Waals surface area contributed by atoms with Crippen LogP contribution in [0.15, 0.2) is 60.0 Å². The van der Waals surface area contributed by atoms with Crippen molar-refractivity contribution in [2.75, 3.05) is 11.5 Å². The zero-order valence-corrected chi connectivity index (χ0v) is 17.5. The number of alkyl halides is 1. The lowest BCUT2D eigenvalue weighted by molar-refractivity contribution is 0.204. The lowest BCUT2D eigenvalue weighted by atomic mass is 10.1. The lowest BCUT2D eigenvalue weighted by Gasteiger charge is -2.18. The van der Waals surface area contributed by atoms with Gasteiger partial charge in [0.2, 0.25) is 0 Å². The topological polar surface area (TPSA) is 35.2 Å². The standard InChI is InChI=1S/C17H17NOS.C2H6.CH3I/c18-11-10-16(17-9-4-12-20-17)19-15-8-3-6-13-5-1-2-7-14(13)15;2*1-2/h1-9,12,16H,10-11,18H2;1-2H3;1H3. The molecule has 3 aromatic rings. The van der Waals surface area contributed by atoms with Crippen molar-refractivity contribution in [3.8, 4) is 5.75 Å². The molecule has 2 nitrogen and oxygen atoms in total. The van der Waals surface area contributed by atoms with E-state index in [0.717, 1.165) is 17.6 Å². The first kappa shape index (κ1) is 20.9. The Morgan fingerprint density at radius 3 is 2.38 bits per heavy atom. The number of hydrogen-bond acceptors (Lipinski definition) is 3. The Morgan fingerprint density at radius 2 is 1.71 bits per heavy atom. The molecular formula is C20H26INOS. The Morgan fingerprint density at radius 1 is 1.00 bits per heavy atom. The van der Waals surface area contributed by atoms with Crippen LogP contribution in [-0.4, -0.2) is 11.5 Å². The highest BCUT2D eigenvalue weighted by molar-refractivity contribution is 14.1. The molecule has 4 heteroatoms. The van der Waals surface area contributed by atoms with Gasteiger partial charge in [0, 0.05) is 16.7 Å². The van der Waals surface area contributed by atoms with Gasteiger partial charge in [-0.1, -0.05) is 78.9 Å². The molecule has 1 heterocycles. The van der Waals surface area contributed by atoms with E-state index in [1.54, 1.807) is 11.3 Å². The van der Waals surface area contributed by atoms with Crippen LogP contribution >= 0.6 is 33.9 Å². The van der Waals surface area contributed by atoms with Gasteiger partial charge in [-0.05, 0) is 34.4 Å². The predicted octanol–water partition coefficient (Wildman–Crippen LogP) is 6.45. The predicted molar refractivity (Wildman–Crippen MR) is 117 cm³/mol. The molecular weight excluding hydrogens is 429 g/mol. The van der Waals surface area contributed by atoms with Crippen LogP contribution in [0.5, 0.6) is 5.75 Å². The minimum Gasteiger partial charge on any atom is -0.484 e. The van der Waals surface area contributed by atoms with Gasteiger partial charge in [-0.3, -0.25) is 0 Å². The van der Waals surface area contributed by atoms with Gasteiger partial charge < -0.3 is 10.5 Å². The van der Waals surface area contributed by atoms with Crippen LogP contribution in [0, 0.1) is 0 Å². The van der Waals surface area contributed by atoms with Gasteiger partial charge in [0.15, 0.2) is 0 Å². The second kappa shape index (κ2) is 12.3. The first-order chi connectivity index (χ1) is 11.9. The van der Waals surface area contributed by atoms with E-state index >= 15 is 0 Å². The van der Waals surface area contributed by atoms with Gasteiger partial charge in [0.1, 0.15) is 11.9 Å². The molecule has 0 aliphatic rings. The molecule has 0 spiro atoms. The fourth-order valence-electron chi connectivity index (χ4n) is 2.34. The SMILES string of the molecule is CC.CI.NCCC(Oc1cccc2ccccc12)c1cccs1. The maximum Gasteiger partial charge on any atom is 0.134 e. The Balaban J connectivity index is 0.000000671. The molecule has 0 fully saturated rings. The van der Waals surface area contributed by atoms with Crippen molar-refractivity contribution >= 4 is 44.7 Å². The molecule has 1 unspecified atom stereocenters. The van der Waals surface area contributed by atoms with E-state index in [0.29, 0.717) is 6.54 Å². The van der Waals surface area contributed by atoms with Crippen LogP contribution in [0.3, 0.4) is 0 Å². The van der Waals surface area contributed by atoms with E-state index in [1.165, 1.54) is 10.3 Å². The molecule has 0 radical (unpaired) electrons.